The number of carbonyl (C=O) groups is 1. The van der Waals surface area contributed by atoms with Crippen LogP contribution in [-0.4, -0.2) is 40.3 Å². The zero-order valence-electron chi connectivity index (χ0n) is 12.1. The van der Waals surface area contributed by atoms with Gasteiger partial charge >= 0.3 is 6.16 Å². The second-order valence-electron chi connectivity index (χ2n) is 4.98. The molecule has 0 heterocycles. The summed E-state index contributed by atoms with van der Waals surface area (Å²) in [7, 11) is 0. The third kappa shape index (κ3) is 10.7. The molecule has 0 rings (SSSR count). The molecule has 7 heteroatoms. The van der Waals surface area contributed by atoms with Gasteiger partial charge in [0.2, 0.25) is 0 Å². The Hall–Kier alpha value is -0.890. The topological polar surface area (TPSA) is 88.5 Å². The van der Waals surface area contributed by atoms with Gasteiger partial charge in [-0.2, -0.15) is 0 Å². The van der Waals surface area contributed by atoms with Crippen molar-refractivity contribution in [3.8, 4) is 0 Å². The van der Waals surface area contributed by atoms with Crippen LogP contribution in [0.2, 0.25) is 0 Å². The third-order valence-electron chi connectivity index (χ3n) is 2.71. The summed E-state index contributed by atoms with van der Waals surface area (Å²) in [5.74, 6) is 0. The Bertz CT molecular complexity index is 257. The average Bonchev–Trinajstić information content (AvgIpc) is 2.27. The van der Waals surface area contributed by atoms with Crippen molar-refractivity contribution in [2.24, 2.45) is 0 Å². The minimum Gasteiger partial charge on any atom is -0.434 e. The van der Waals surface area contributed by atoms with E-state index in [4.69, 9.17) is 19.9 Å². The SMILES string of the molecule is CCC(C)(C)OC(=O)OCCCCC(C)ON(O)O. The first-order valence-electron chi connectivity index (χ1n) is 6.47. The van der Waals surface area contributed by atoms with Gasteiger partial charge in [0.05, 0.1) is 18.1 Å². The largest absolute Gasteiger partial charge is 0.508 e. The van der Waals surface area contributed by atoms with Crippen molar-refractivity contribution in [3.05, 3.63) is 0 Å². The number of carbonyl (C=O) groups excluding carboxylic acids is 1. The van der Waals surface area contributed by atoms with Crippen LogP contribution in [0.15, 0.2) is 0 Å². The van der Waals surface area contributed by atoms with Crippen molar-refractivity contribution < 1.29 is 29.5 Å². The van der Waals surface area contributed by atoms with Crippen molar-refractivity contribution in [2.45, 2.75) is 65.1 Å². The summed E-state index contributed by atoms with van der Waals surface area (Å²) in [4.78, 5) is 15.9. The van der Waals surface area contributed by atoms with Crippen LogP contribution in [0, 0.1) is 0 Å². The fraction of sp³-hybridized carbons (Fsp3) is 0.917. The van der Waals surface area contributed by atoms with E-state index >= 15 is 0 Å². The lowest BCUT2D eigenvalue weighted by molar-refractivity contribution is -0.503. The monoisotopic (exact) mass is 279 g/mol. The van der Waals surface area contributed by atoms with E-state index in [0.29, 0.717) is 12.8 Å². The van der Waals surface area contributed by atoms with Gasteiger partial charge in [-0.05, 0) is 46.5 Å². The summed E-state index contributed by atoms with van der Waals surface area (Å²) in [6.45, 7) is 7.55. The maximum absolute atomic E-state index is 11.3. The van der Waals surface area contributed by atoms with Gasteiger partial charge in [0.1, 0.15) is 5.60 Å². The lowest BCUT2D eigenvalue weighted by atomic mass is 10.1. The van der Waals surface area contributed by atoms with Crippen LogP contribution in [-0.2, 0) is 14.3 Å². The van der Waals surface area contributed by atoms with Gasteiger partial charge in [0, 0.05) is 0 Å². The molecule has 1 atom stereocenters. The molecule has 114 valence electrons. The molecule has 0 aliphatic carbocycles. The number of hydrogen-bond donors (Lipinski definition) is 2. The minimum absolute atomic E-state index is 0.271. The van der Waals surface area contributed by atoms with Crippen LogP contribution in [0.1, 0.15) is 53.4 Å². The van der Waals surface area contributed by atoms with E-state index in [1.165, 1.54) is 0 Å². The van der Waals surface area contributed by atoms with Gasteiger partial charge in [0.25, 0.3) is 0 Å². The molecule has 0 amide bonds. The van der Waals surface area contributed by atoms with Crippen molar-refractivity contribution in [1.29, 1.82) is 0 Å². The summed E-state index contributed by atoms with van der Waals surface area (Å²) in [5, 5.41) is 16.5. The predicted octanol–water partition coefficient (Wildman–Crippen LogP) is 2.90. The fourth-order valence-corrected chi connectivity index (χ4v) is 1.23. The Morgan fingerprint density at radius 3 is 2.47 bits per heavy atom. The van der Waals surface area contributed by atoms with Crippen molar-refractivity contribution in [3.63, 3.8) is 0 Å². The Labute approximate surface area is 113 Å². The van der Waals surface area contributed by atoms with Crippen molar-refractivity contribution in [2.75, 3.05) is 6.61 Å². The molecule has 0 spiro atoms. The molecule has 7 nitrogen and oxygen atoms in total. The highest BCUT2D eigenvalue weighted by molar-refractivity contribution is 5.60. The first-order chi connectivity index (χ1) is 8.76. The predicted molar refractivity (Wildman–Crippen MR) is 66.6 cm³/mol. The molecule has 0 bridgehead atoms. The highest BCUT2D eigenvalue weighted by Crippen LogP contribution is 2.14. The molecule has 1 unspecified atom stereocenters. The number of ether oxygens (including phenoxy) is 2. The Balaban J connectivity index is 3.57. The number of hydrogen-bond acceptors (Lipinski definition) is 7. The smallest absolute Gasteiger partial charge is 0.434 e. The Morgan fingerprint density at radius 1 is 1.32 bits per heavy atom. The summed E-state index contributed by atoms with van der Waals surface area (Å²) in [5.41, 5.74) is -0.509. The van der Waals surface area contributed by atoms with Gasteiger partial charge in [-0.1, -0.05) is 6.92 Å². The second kappa shape index (κ2) is 9.08. The molecule has 2 N–H and O–H groups in total. The van der Waals surface area contributed by atoms with Gasteiger partial charge in [-0.15, -0.1) is 0 Å². The molecular formula is C12H25NO6. The van der Waals surface area contributed by atoms with E-state index in [9.17, 15) is 4.79 Å². The number of nitrogens with zero attached hydrogens (tertiary/aromatic N) is 1. The molecule has 0 radical (unpaired) electrons. The van der Waals surface area contributed by atoms with E-state index in [-0.39, 0.29) is 18.1 Å². The first kappa shape index (κ1) is 18.1. The molecule has 0 aromatic heterocycles. The molecule has 0 aliphatic heterocycles. The van der Waals surface area contributed by atoms with Gasteiger partial charge < -0.3 is 9.47 Å². The maximum atomic E-state index is 11.3. The Kier molecular flexibility index (Phi) is 8.66. The summed E-state index contributed by atoms with van der Waals surface area (Å²) < 4.78 is 10.0. The van der Waals surface area contributed by atoms with Gasteiger partial charge in [0.15, 0.2) is 0 Å². The molecule has 0 aromatic carbocycles. The molecule has 0 aliphatic rings. The summed E-state index contributed by atoms with van der Waals surface area (Å²) in [6.07, 6.45) is 1.76. The van der Waals surface area contributed by atoms with Gasteiger partial charge in [-0.3, -0.25) is 10.4 Å². The lowest BCUT2D eigenvalue weighted by Crippen LogP contribution is -2.27. The molecule has 0 aromatic rings. The van der Waals surface area contributed by atoms with Crippen LogP contribution in [0.3, 0.4) is 0 Å². The molecular weight excluding hydrogens is 254 g/mol. The molecule has 0 fully saturated rings. The fourth-order valence-electron chi connectivity index (χ4n) is 1.23. The minimum atomic E-state index is -0.659. The molecule has 19 heavy (non-hydrogen) atoms. The van der Waals surface area contributed by atoms with Crippen molar-refractivity contribution in [1.82, 2.24) is 5.39 Å². The van der Waals surface area contributed by atoms with Crippen LogP contribution in [0.5, 0.6) is 0 Å². The highest BCUT2D eigenvalue weighted by atomic mass is 17.1. The molecule has 0 saturated heterocycles. The van der Waals surface area contributed by atoms with E-state index in [1.54, 1.807) is 6.92 Å². The maximum Gasteiger partial charge on any atom is 0.508 e. The Morgan fingerprint density at radius 2 is 1.95 bits per heavy atom. The quantitative estimate of drug-likeness (QED) is 0.381. The first-order valence-corrected chi connectivity index (χ1v) is 6.47. The normalized spacial score (nSPS) is 13.4. The van der Waals surface area contributed by atoms with E-state index < -0.39 is 11.8 Å². The van der Waals surface area contributed by atoms with Crippen LogP contribution >= 0.6 is 0 Å². The zero-order valence-corrected chi connectivity index (χ0v) is 12.1. The van der Waals surface area contributed by atoms with Crippen LogP contribution in [0.25, 0.3) is 0 Å². The summed E-state index contributed by atoms with van der Waals surface area (Å²) in [6, 6.07) is 0. The zero-order chi connectivity index (χ0) is 14.9. The number of rotatable bonds is 9. The lowest BCUT2D eigenvalue weighted by Gasteiger charge is -2.22. The summed E-state index contributed by atoms with van der Waals surface area (Å²) >= 11 is 0. The van der Waals surface area contributed by atoms with Gasteiger partial charge in [-0.25, -0.2) is 9.63 Å². The molecule has 0 saturated carbocycles. The van der Waals surface area contributed by atoms with Crippen LogP contribution in [0.4, 0.5) is 4.79 Å². The second-order valence-corrected chi connectivity index (χ2v) is 4.98. The highest BCUT2D eigenvalue weighted by Gasteiger charge is 2.21. The van der Waals surface area contributed by atoms with Crippen molar-refractivity contribution >= 4 is 6.16 Å². The third-order valence-corrected chi connectivity index (χ3v) is 2.71. The van der Waals surface area contributed by atoms with E-state index in [0.717, 1.165) is 12.8 Å². The number of unbranched alkanes of at least 4 members (excludes halogenated alkanes) is 1. The van der Waals surface area contributed by atoms with E-state index in [2.05, 4.69) is 4.84 Å². The average molecular weight is 279 g/mol. The standard InChI is InChI=1S/C12H25NO6/c1-5-12(3,4)18-11(14)17-9-7-6-8-10(2)19-13(15)16/h10,15-16H,5-9H2,1-4H3. The van der Waals surface area contributed by atoms with Crippen LogP contribution < -0.4 is 0 Å². The van der Waals surface area contributed by atoms with E-state index in [1.807, 2.05) is 20.8 Å².